The van der Waals surface area contributed by atoms with Crippen LogP contribution in [0.2, 0.25) is 0 Å². The second kappa shape index (κ2) is 9.47. The van der Waals surface area contributed by atoms with Gasteiger partial charge in [0.25, 0.3) is 11.8 Å². The van der Waals surface area contributed by atoms with E-state index in [1.165, 1.54) is 10.0 Å². The molecule has 3 aromatic rings. The lowest BCUT2D eigenvalue weighted by molar-refractivity contribution is -0.127. The van der Waals surface area contributed by atoms with Crippen LogP contribution in [-0.4, -0.2) is 11.8 Å². The van der Waals surface area contributed by atoms with Gasteiger partial charge in [0.05, 0.1) is 11.4 Å². The average molecular weight is 415 g/mol. The molecule has 3 aromatic carbocycles. The van der Waals surface area contributed by atoms with Crippen LogP contribution < -0.4 is 14.8 Å². The van der Waals surface area contributed by atoms with Crippen LogP contribution in [-0.2, 0) is 16.2 Å². The Labute approximate surface area is 182 Å². The normalized spacial score (nSPS) is 16.1. The molecule has 0 saturated carbocycles. The van der Waals surface area contributed by atoms with Gasteiger partial charge in [-0.1, -0.05) is 68.3 Å². The molecule has 1 aliphatic rings. The van der Waals surface area contributed by atoms with E-state index in [0.29, 0.717) is 30.2 Å². The largest absolute Gasteiger partial charge is 0.489 e. The number of benzene rings is 3. The first-order valence-electron chi connectivity index (χ1n) is 10.7. The summed E-state index contributed by atoms with van der Waals surface area (Å²) in [5.41, 5.74) is 2.42. The highest BCUT2D eigenvalue weighted by Gasteiger charge is 2.46. The highest BCUT2D eigenvalue weighted by atomic mass is 16.5. The third-order valence-corrected chi connectivity index (χ3v) is 5.39. The van der Waals surface area contributed by atoms with Gasteiger partial charge in [0.1, 0.15) is 18.3 Å². The zero-order valence-corrected chi connectivity index (χ0v) is 17.6. The van der Waals surface area contributed by atoms with Gasteiger partial charge in [0.15, 0.2) is 0 Å². The maximum atomic E-state index is 13.2. The summed E-state index contributed by atoms with van der Waals surface area (Å²) in [6, 6.07) is 26.6. The summed E-state index contributed by atoms with van der Waals surface area (Å²) < 4.78 is 5.86. The van der Waals surface area contributed by atoms with Gasteiger partial charge < -0.3 is 4.74 Å². The number of ether oxygens (including phenoxy) is 1. The number of hydrazine groups is 1. The van der Waals surface area contributed by atoms with Gasteiger partial charge in [-0.15, -0.1) is 0 Å². The average Bonchev–Trinajstić information content (AvgIpc) is 3.07. The summed E-state index contributed by atoms with van der Waals surface area (Å²) in [6.07, 6.45) is 2.34. The minimum absolute atomic E-state index is 0.172. The molecule has 1 atom stereocenters. The van der Waals surface area contributed by atoms with E-state index in [1.54, 1.807) is 0 Å². The van der Waals surface area contributed by atoms with Crippen molar-refractivity contribution in [3.63, 3.8) is 0 Å². The molecule has 0 N–H and O–H groups in total. The number of carbonyl (C=O) groups excluding carboxylic acids is 2. The number of unbranched alkanes of at least 4 members (excludes halogenated alkanes) is 1. The Morgan fingerprint density at radius 3 is 1.87 bits per heavy atom. The molecule has 0 aromatic heterocycles. The number of rotatable bonds is 8. The summed E-state index contributed by atoms with van der Waals surface area (Å²) in [4.78, 5) is 26.4. The van der Waals surface area contributed by atoms with Crippen LogP contribution in [0.4, 0.5) is 11.4 Å². The van der Waals surface area contributed by atoms with Gasteiger partial charge in [-0.05, 0) is 48.4 Å². The summed E-state index contributed by atoms with van der Waals surface area (Å²) in [5.74, 6) is -0.289. The van der Waals surface area contributed by atoms with E-state index in [9.17, 15) is 9.59 Å². The number of amides is 2. The van der Waals surface area contributed by atoms with E-state index in [0.717, 1.165) is 18.4 Å². The molecule has 0 bridgehead atoms. The first-order valence-corrected chi connectivity index (χ1v) is 10.7. The van der Waals surface area contributed by atoms with Gasteiger partial charge in [-0.2, -0.15) is 0 Å². The molecular weight excluding hydrogens is 388 g/mol. The molecule has 0 radical (unpaired) electrons. The predicted molar refractivity (Wildman–Crippen MR) is 122 cm³/mol. The SMILES string of the molecule is CCCC[C@@H]1C(=O)N(c2ccccc2)N(c2ccc(OCc3ccccc3)cc2)C1=O. The molecule has 4 rings (SSSR count). The van der Waals surface area contributed by atoms with E-state index >= 15 is 0 Å². The van der Waals surface area contributed by atoms with Crippen molar-refractivity contribution >= 4 is 23.2 Å². The first-order chi connectivity index (χ1) is 15.2. The fourth-order valence-electron chi connectivity index (χ4n) is 3.73. The molecular formula is C26H26N2O3. The van der Waals surface area contributed by atoms with Crippen molar-refractivity contribution in [2.45, 2.75) is 32.8 Å². The minimum atomic E-state index is -0.644. The zero-order valence-electron chi connectivity index (χ0n) is 17.6. The first kappa shape index (κ1) is 20.7. The molecule has 31 heavy (non-hydrogen) atoms. The minimum Gasteiger partial charge on any atom is -0.489 e. The number of hydrogen-bond donors (Lipinski definition) is 0. The Morgan fingerprint density at radius 2 is 1.29 bits per heavy atom. The highest BCUT2D eigenvalue weighted by Crippen LogP contribution is 2.34. The molecule has 1 fully saturated rings. The Bertz CT molecular complexity index is 1020. The lowest BCUT2D eigenvalue weighted by Gasteiger charge is -2.27. The molecule has 2 amide bonds. The molecule has 5 nitrogen and oxygen atoms in total. The van der Waals surface area contributed by atoms with Gasteiger partial charge in [0.2, 0.25) is 0 Å². The van der Waals surface area contributed by atoms with Crippen molar-refractivity contribution < 1.29 is 14.3 Å². The molecule has 0 aliphatic carbocycles. The zero-order chi connectivity index (χ0) is 21.6. The lowest BCUT2D eigenvalue weighted by Crippen LogP contribution is -2.41. The summed E-state index contributed by atoms with van der Waals surface area (Å²) >= 11 is 0. The van der Waals surface area contributed by atoms with Crippen molar-refractivity contribution in [1.29, 1.82) is 0 Å². The molecule has 1 heterocycles. The van der Waals surface area contributed by atoms with Crippen molar-refractivity contribution in [1.82, 2.24) is 0 Å². The van der Waals surface area contributed by atoms with Gasteiger partial charge >= 0.3 is 0 Å². The van der Waals surface area contributed by atoms with E-state index in [-0.39, 0.29) is 11.8 Å². The third kappa shape index (κ3) is 4.45. The van der Waals surface area contributed by atoms with Crippen molar-refractivity contribution in [3.05, 3.63) is 90.5 Å². The van der Waals surface area contributed by atoms with Crippen molar-refractivity contribution in [2.24, 2.45) is 5.92 Å². The monoisotopic (exact) mass is 414 g/mol. The van der Waals surface area contributed by atoms with Gasteiger partial charge in [-0.25, -0.2) is 10.0 Å². The predicted octanol–water partition coefficient (Wildman–Crippen LogP) is 5.37. The van der Waals surface area contributed by atoms with E-state index < -0.39 is 5.92 Å². The van der Waals surface area contributed by atoms with Crippen LogP contribution in [0.5, 0.6) is 5.75 Å². The summed E-state index contributed by atoms with van der Waals surface area (Å²) in [6.45, 7) is 2.53. The summed E-state index contributed by atoms with van der Waals surface area (Å²) in [7, 11) is 0. The highest BCUT2D eigenvalue weighted by molar-refractivity contribution is 6.23. The lowest BCUT2D eigenvalue weighted by atomic mass is 10.0. The number of carbonyl (C=O) groups is 2. The number of para-hydroxylation sites is 1. The summed E-state index contributed by atoms with van der Waals surface area (Å²) in [5, 5.41) is 3.00. The Morgan fingerprint density at radius 1 is 0.742 bits per heavy atom. The van der Waals surface area contributed by atoms with E-state index in [1.807, 2.05) is 84.9 Å². The van der Waals surface area contributed by atoms with E-state index in [2.05, 4.69) is 6.92 Å². The fraction of sp³-hybridized carbons (Fsp3) is 0.231. The van der Waals surface area contributed by atoms with Gasteiger partial charge in [0, 0.05) is 0 Å². The molecule has 5 heteroatoms. The van der Waals surface area contributed by atoms with Crippen LogP contribution in [0.3, 0.4) is 0 Å². The maximum Gasteiger partial charge on any atom is 0.258 e. The number of anilines is 2. The maximum absolute atomic E-state index is 13.2. The quantitative estimate of drug-likeness (QED) is 0.466. The topological polar surface area (TPSA) is 49.9 Å². The van der Waals surface area contributed by atoms with Crippen LogP contribution in [0.1, 0.15) is 31.7 Å². The van der Waals surface area contributed by atoms with Crippen LogP contribution in [0.25, 0.3) is 0 Å². The smallest absolute Gasteiger partial charge is 0.258 e. The van der Waals surface area contributed by atoms with Gasteiger partial charge in [-0.3, -0.25) is 9.59 Å². The fourth-order valence-corrected chi connectivity index (χ4v) is 3.73. The molecule has 158 valence electrons. The van der Waals surface area contributed by atoms with Crippen LogP contribution in [0.15, 0.2) is 84.9 Å². The van der Waals surface area contributed by atoms with Crippen LogP contribution >= 0.6 is 0 Å². The van der Waals surface area contributed by atoms with E-state index in [4.69, 9.17) is 4.74 Å². The van der Waals surface area contributed by atoms with Crippen molar-refractivity contribution in [3.8, 4) is 5.75 Å². The second-order valence-corrected chi connectivity index (χ2v) is 7.60. The molecule has 0 spiro atoms. The second-order valence-electron chi connectivity index (χ2n) is 7.60. The molecule has 0 unspecified atom stereocenters. The van der Waals surface area contributed by atoms with Crippen LogP contribution in [0, 0.1) is 5.92 Å². The molecule has 1 aliphatic heterocycles. The number of hydrogen-bond acceptors (Lipinski definition) is 3. The Kier molecular flexibility index (Phi) is 6.32. The standard InChI is InChI=1S/C26H26N2O3/c1-2-3-14-24-25(29)27(21-12-8-5-9-13-21)28(26(24)30)22-15-17-23(18-16-22)31-19-20-10-6-4-7-11-20/h4-13,15-18,24H,2-3,14,19H2,1H3/t24-/m1/s1. The number of nitrogens with zero attached hydrogens (tertiary/aromatic N) is 2. The Balaban J connectivity index is 1.57. The third-order valence-electron chi connectivity index (χ3n) is 5.39. The molecule has 1 saturated heterocycles. The van der Waals surface area contributed by atoms with Crippen molar-refractivity contribution in [2.75, 3.05) is 10.0 Å². The Hall–Kier alpha value is -3.60.